The summed E-state index contributed by atoms with van der Waals surface area (Å²) in [5, 5.41) is 11.3. The van der Waals surface area contributed by atoms with E-state index in [0.717, 1.165) is 26.7 Å². The summed E-state index contributed by atoms with van der Waals surface area (Å²) in [6.07, 6.45) is 0. The van der Waals surface area contributed by atoms with Crippen LogP contribution in [-0.2, 0) is 0 Å². The third-order valence-corrected chi connectivity index (χ3v) is 5.64. The summed E-state index contributed by atoms with van der Waals surface area (Å²) < 4.78 is 6.81. The van der Waals surface area contributed by atoms with Crippen LogP contribution in [0.1, 0.15) is 34.5 Å². The van der Waals surface area contributed by atoms with Gasteiger partial charge in [-0.3, -0.25) is 4.79 Å². The monoisotopic (exact) mass is 461 g/mol. The van der Waals surface area contributed by atoms with Crippen molar-refractivity contribution < 1.29 is 9.21 Å². The molecule has 0 spiro atoms. The largest absolute Gasteiger partial charge is 0.416 e. The van der Waals surface area contributed by atoms with E-state index in [0.29, 0.717) is 17.3 Å². The van der Waals surface area contributed by atoms with Crippen LogP contribution in [0.2, 0.25) is 0 Å². The van der Waals surface area contributed by atoms with Gasteiger partial charge in [-0.25, -0.2) is 0 Å². The highest BCUT2D eigenvalue weighted by atomic mass is 79.9. The van der Waals surface area contributed by atoms with Crippen molar-refractivity contribution in [3.63, 3.8) is 0 Å². The first kappa shape index (κ1) is 20.0. The fourth-order valence-electron chi connectivity index (χ4n) is 3.21. The quantitative estimate of drug-likeness (QED) is 0.397. The molecule has 0 radical (unpaired) electrons. The number of amides is 1. The maximum atomic E-state index is 12.6. The van der Waals surface area contributed by atoms with Crippen molar-refractivity contribution in [2.45, 2.75) is 19.9 Å². The van der Waals surface area contributed by atoms with Crippen molar-refractivity contribution in [1.29, 1.82) is 0 Å². The van der Waals surface area contributed by atoms with Crippen LogP contribution in [-0.4, -0.2) is 16.1 Å². The first-order valence-corrected chi connectivity index (χ1v) is 10.4. The topological polar surface area (TPSA) is 68.0 Å². The van der Waals surface area contributed by atoms with E-state index in [1.165, 1.54) is 0 Å². The Kier molecular flexibility index (Phi) is 5.77. The molecule has 0 aliphatic heterocycles. The summed E-state index contributed by atoms with van der Waals surface area (Å²) in [6.45, 7) is 3.96. The molecule has 1 atom stereocenters. The molecule has 1 N–H and O–H groups in total. The van der Waals surface area contributed by atoms with Crippen molar-refractivity contribution in [1.82, 2.24) is 15.5 Å². The van der Waals surface area contributed by atoms with Gasteiger partial charge >= 0.3 is 0 Å². The standard InChI is InChI=1S/C24H20BrN3O2/c1-15-7-3-4-8-19(15)24-28-27-23(30-24)18-13-11-17(12-14-18)22(29)26-16(2)20-9-5-6-10-21(20)25/h3-14,16H,1-2H3,(H,26,29). The molecule has 5 nitrogen and oxygen atoms in total. The van der Waals surface area contributed by atoms with Crippen molar-refractivity contribution in [3.05, 3.63) is 94.0 Å². The van der Waals surface area contributed by atoms with E-state index in [-0.39, 0.29) is 11.9 Å². The molecule has 0 saturated heterocycles. The van der Waals surface area contributed by atoms with Crippen LogP contribution >= 0.6 is 15.9 Å². The normalized spacial score (nSPS) is 11.8. The van der Waals surface area contributed by atoms with E-state index in [2.05, 4.69) is 31.4 Å². The molecule has 1 aromatic heterocycles. The number of hydrogen-bond donors (Lipinski definition) is 1. The molecule has 0 saturated carbocycles. The minimum absolute atomic E-state index is 0.125. The molecule has 3 aromatic carbocycles. The molecular weight excluding hydrogens is 442 g/mol. The number of aryl methyl sites for hydroxylation is 1. The third kappa shape index (κ3) is 4.19. The van der Waals surface area contributed by atoms with Crippen molar-refractivity contribution in [2.75, 3.05) is 0 Å². The second-order valence-corrected chi connectivity index (χ2v) is 7.88. The minimum atomic E-state index is -0.143. The van der Waals surface area contributed by atoms with Gasteiger partial charge in [0.15, 0.2) is 0 Å². The Hall–Kier alpha value is -3.25. The van der Waals surface area contributed by atoms with Gasteiger partial charge < -0.3 is 9.73 Å². The lowest BCUT2D eigenvalue weighted by Gasteiger charge is -2.16. The van der Waals surface area contributed by atoms with E-state index in [4.69, 9.17) is 4.42 Å². The van der Waals surface area contributed by atoms with Gasteiger partial charge in [-0.2, -0.15) is 0 Å². The van der Waals surface area contributed by atoms with Gasteiger partial charge in [0.05, 0.1) is 6.04 Å². The highest BCUT2D eigenvalue weighted by Gasteiger charge is 2.15. The molecule has 0 bridgehead atoms. The van der Waals surface area contributed by atoms with Gasteiger partial charge in [0.25, 0.3) is 5.91 Å². The molecule has 4 aromatic rings. The van der Waals surface area contributed by atoms with Crippen LogP contribution < -0.4 is 5.32 Å². The molecule has 6 heteroatoms. The lowest BCUT2D eigenvalue weighted by Crippen LogP contribution is -2.26. The summed E-state index contributed by atoms with van der Waals surface area (Å²) >= 11 is 3.53. The Morgan fingerprint density at radius 1 is 0.933 bits per heavy atom. The first-order chi connectivity index (χ1) is 14.5. The summed E-state index contributed by atoms with van der Waals surface area (Å²) in [4.78, 5) is 12.6. The smallest absolute Gasteiger partial charge is 0.251 e. The average Bonchev–Trinajstić information content (AvgIpc) is 3.24. The summed E-state index contributed by atoms with van der Waals surface area (Å²) in [5.74, 6) is 0.755. The zero-order valence-electron chi connectivity index (χ0n) is 16.6. The number of nitrogens with zero attached hydrogens (tertiary/aromatic N) is 2. The molecule has 0 aliphatic rings. The number of carbonyl (C=O) groups excluding carboxylic acids is 1. The highest BCUT2D eigenvalue weighted by Crippen LogP contribution is 2.27. The SMILES string of the molecule is Cc1ccccc1-c1nnc(-c2ccc(C(=O)NC(C)c3ccccc3Br)cc2)o1. The predicted molar refractivity (Wildman–Crippen MR) is 120 cm³/mol. The predicted octanol–water partition coefficient (Wildman–Crippen LogP) is 5.97. The fourth-order valence-corrected chi connectivity index (χ4v) is 3.84. The van der Waals surface area contributed by atoms with Crippen LogP contribution in [0.5, 0.6) is 0 Å². The van der Waals surface area contributed by atoms with Crippen molar-refractivity contribution in [3.8, 4) is 22.9 Å². The molecule has 150 valence electrons. The number of nitrogens with one attached hydrogen (secondary N) is 1. The molecule has 4 rings (SSSR count). The second kappa shape index (κ2) is 8.63. The third-order valence-electron chi connectivity index (χ3n) is 4.91. The number of aromatic nitrogens is 2. The maximum absolute atomic E-state index is 12.6. The molecule has 0 fully saturated rings. The molecular formula is C24H20BrN3O2. The van der Waals surface area contributed by atoms with Crippen molar-refractivity contribution >= 4 is 21.8 Å². The Morgan fingerprint density at radius 3 is 2.33 bits per heavy atom. The molecule has 0 aliphatic carbocycles. The van der Waals surface area contributed by atoms with Gasteiger partial charge in [0, 0.05) is 21.2 Å². The second-order valence-electron chi connectivity index (χ2n) is 7.02. The number of halogens is 1. The molecule has 1 amide bonds. The summed E-state index contributed by atoms with van der Waals surface area (Å²) in [6, 6.07) is 22.7. The Morgan fingerprint density at radius 2 is 1.60 bits per heavy atom. The van der Waals surface area contributed by atoms with E-state index in [1.54, 1.807) is 12.1 Å². The zero-order valence-corrected chi connectivity index (χ0v) is 18.2. The van der Waals surface area contributed by atoms with Crippen LogP contribution in [0.15, 0.2) is 81.7 Å². The summed E-state index contributed by atoms with van der Waals surface area (Å²) in [7, 11) is 0. The summed E-state index contributed by atoms with van der Waals surface area (Å²) in [5.41, 5.74) is 4.33. The van der Waals surface area contributed by atoms with Gasteiger partial charge in [0.2, 0.25) is 11.8 Å². The molecule has 30 heavy (non-hydrogen) atoms. The van der Waals surface area contributed by atoms with Gasteiger partial charge in [-0.1, -0.05) is 52.3 Å². The molecule has 1 heterocycles. The van der Waals surface area contributed by atoms with E-state index >= 15 is 0 Å². The number of hydrogen-bond acceptors (Lipinski definition) is 4. The van der Waals surface area contributed by atoms with E-state index in [9.17, 15) is 4.79 Å². The van der Waals surface area contributed by atoms with Crippen LogP contribution in [0.25, 0.3) is 22.9 Å². The lowest BCUT2D eigenvalue weighted by molar-refractivity contribution is 0.0940. The number of carbonyl (C=O) groups is 1. The minimum Gasteiger partial charge on any atom is -0.416 e. The van der Waals surface area contributed by atoms with Gasteiger partial charge in [0.1, 0.15) is 0 Å². The Labute approximate surface area is 183 Å². The first-order valence-electron chi connectivity index (χ1n) is 9.58. The highest BCUT2D eigenvalue weighted by molar-refractivity contribution is 9.10. The maximum Gasteiger partial charge on any atom is 0.251 e. The van der Waals surface area contributed by atoms with Crippen LogP contribution in [0, 0.1) is 6.92 Å². The average molecular weight is 462 g/mol. The lowest BCUT2D eigenvalue weighted by atomic mass is 10.1. The Bertz CT molecular complexity index is 1190. The Balaban J connectivity index is 1.49. The zero-order chi connectivity index (χ0) is 21.1. The fraction of sp³-hybridized carbons (Fsp3) is 0.125. The molecule has 1 unspecified atom stereocenters. The van der Waals surface area contributed by atoms with Crippen LogP contribution in [0.3, 0.4) is 0 Å². The van der Waals surface area contributed by atoms with Crippen molar-refractivity contribution in [2.24, 2.45) is 0 Å². The van der Waals surface area contributed by atoms with Gasteiger partial charge in [-0.05, 0) is 61.4 Å². The number of benzene rings is 3. The van der Waals surface area contributed by atoms with Crippen LogP contribution in [0.4, 0.5) is 0 Å². The van der Waals surface area contributed by atoms with Gasteiger partial charge in [-0.15, -0.1) is 10.2 Å². The van der Waals surface area contributed by atoms with E-state index in [1.807, 2.05) is 74.5 Å². The van der Waals surface area contributed by atoms with E-state index < -0.39 is 0 Å². The number of rotatable bonds is 5.